The Hall–Kier alpha value is -2.82. The second kappa shape index (κ2) is 7.64. The Kier molecular flexibility index (Phi) is 5.58. The fraction of sp³-hybridized carbons (Fsp3) is 0.263. The van der Waals surface area contributed by atoms with Crippen LogP contribution in [0.3, 0.4) is 0 Å². The molecular weight excluding hydrogens is 304 g/mol. The molecular formula is C19H22N2O3. The van der Waals surface area contributed by atoms with Gasteiger partial charge in [0.15, 0.2) is 0 Å². The van der Waals surface area contributed by atoms with Crippen molar-refractivity contribution >= 4 is 11.6 Å². The van der Waals surface area contributed by atoms with Crippen LogP contribution in [0.1, 0.15) is 34.0 Å². The highest BCUT2D eigenvalue weighted by Crippen LogP contribution is 2.22. The lowest BCUT2D eigenvalue weighted by atomic mass is 10.0. The van der Waals surface area contributed by atoms with E-state index in [1.165, 1.54) is 11.1 Å². The minimum absolute atomic E-state index is 0.324. The first-order valence-corrected chi connectivity index (χ1v) is 7.60. The normalized spacial score (nSPS) is 11.1. The van der Waals surface area contributed by atoms with Crippen molar-refractivity contribution in [3.05, 3.63) is 58.7 Å². The van der Waals surface area contributed by atoms with Gasteiger partial charge in [-0.3, -0.25) is 4.79 Å². The highest BCUT2D eigenvalue weighted by atomic mass is 16.5. The van der Waals surface area contributed by atoms with Crippen molar-refractivity contribution in [1.29, 1.82) is 0 Å². The molecule has 0 radical (unpaired) electrons. The van der Waals surface area contributed by atoms with Crippen LogP contribution >= 0.6 is 0 Å². The number of hydrogen-bond donors (Lipinski definition) is 1. The largest absolute Gasteiger partial charge is 0.497 e. The van der Waals surface area contributed by atoms with Crippen molar-refractivity contribution < 1.29 is 14.3 Å². The number of methoxy groups -OCH3 is 2. The number of carbonyl (C=O) groups excluding carboxylic acids is 1. The average Bonchev–Trinajstić information content (AvgIpc) is 2.60. The van der Waals surface area contributed by atoms with Gasteiger partial charge in [-0.2, -0.15) is 5.10 Å². The molecule has 0 saturated carbocycles. The third-order valence-electron chi connectivity index (χ3n) is 3.86. The smallest absolute Gasteiger partial charge is 0.271 e. The number of amides is 1. The molecule has 0 aromatic heterocycles. The second-order valence-corrected chi connectivity index (χ2v) is 5.54. The van der Waals surface area contributed by atoms with Gasteiger partial charge in [-0.15, -0.1) is 0 Å². The van der Waals surface area contributed by atoms with Gasteiger partial charge >= 0.3 is 0 Å². The van der Waals surface area contributed by atoms with Crippen molar-refractivity contribution in [3.8, 4) is 11.5 Å². The summed E-state index contributed by atoms with van der Waals surface area (Å²) in [5.41, 5.74) is 7.11. The zero-order valence-corrected chi connectivity index (χ0v) is 14.6. The highest BCUT2D eigenvalue weighted by molar-refractivity contribution is 6.01. The van der Waals surface area contributed by atoms with E-state index in [1.807, 2.05) is 26.0 Å². The summed E-state index contributed by atoms with van der Waals surface area (Å²) in [5.74, 6) is 0.777. The van der Waals surface area contributed by atoms with E-state index < -0.39 is 0 Å². The van der Waals surface area contributed by atoms with Crippen LogP contribution in [0, 0.1) is 13.8 Å². The molecule has 0 aliphatic carbocycles. The lowest BCUT2D eigenvalue weighted by Gasteiger charge is -2.08. The quantitative estimate of drug-likeness (QED) is 0.676. The summed E-state index contributed by atoms with van der Waals surface area (Å²) >= 11 is 0. The zero-order chi connectivity index (χ0) is 17.7. The Morgan fingerprint density at radius 2 is 1.54 bits per heavy atom. The predicted octanol–water partition coefficient (Wildman–Crippen LogP) is 3.47. The van der Waals surface area contributed by atoms with E-state index in [9.17, 15) is 4.79 Å². The second-order valence-electron chi connectivity index (χ2n) is 5.54. The molecule has 1 amide bonds. The molecule has 2 rings (SSSR count). The molecule has 24 heavy (non-hydrogen) atoms. The van der Waals surface area contributed by atoms with Crippen molar-refractivity contribution in [2.75, 3.05) is 14.2 Å². The van der Waals surface area contributed by atoms with E-state index in [1.54, 1.807) is 32.4 Å². The van der Waals surface area contributed by atoms with E-state index in [-0.39, 0.29) is 5.91 Å². The molecule has 0 spiro atoms. The van der Waals surface area contributed by atoms with Crippen LogP contribution in [-0.4, -0.2) is 25.8 Å². The van der Waals surface area contributed by atoms with Crippen LogP contribution in [0.4, 0.5) is 0 Å². The summed E-state index contributed by atoms with van der Waals surface area (Å²) in [6.45, 7) is 5.97. The molecule has 0 saturated heterocycles. The molecule has 0 fully saturated rings. The topological polar surface area (TPSA) is 59.9 Å². The Bertz CT molecular complexity index is 760. The number of rotatable bonds is 5. The molecule has 0 heterocycles. The van der Waals surface area contributed by atoms with Crippen LogP contribution < -0.4 is 14.9 Å². The molecule has 2 aromatic rings. The Balaban J connectivity index is 2.18. The molecule has 0 aliphatic rings. The SMILES string of the molecule is COc1cc(OC)cc(C(=O)N/N=C(\C)c2ccc(C)c(C)c2)c1. The van der Waals surface area contributed by atoms with E-state index in [0.29, 0.717) is 17.1 Å². The Morgan fingerprint density at radius 1 is 0.917 bits per heavy atom. The van der Waals surface area contributed by atoms with Crippen LogP contribution in [0.5, 0.6) is 11.5 Å². The standard InChI is InChI=1S/C19H22N2O3/c1-12-6-7-15(8-13(12)2)14(3)20-21-19(22)16-9-17(23-4)11-18(10-16)24-5/h6-11H,1-5H3,(H,21,22)/b20-14+. The molecule has 126 valence electrons. The highest BCUT2D eigenvalue weighted by Gasteiger charge is 2.10. The number of benzene rings is 2. The van der Waals surface area contributed by atoms with E-state index >= 15 is 0 Å². The van der Waals surface area contributed by atoms with Crippen molar-refractivity contribution in [2.24, 2.45) is 5.10 Å². The van der Waals surface area contributed by atoms with Gasteiger partial charge in [-0.1, -0.05) is 12.1 Å². The fourth-order valence-electron chi connectivity index (χ4n) is 2.17. The number of hydrogen-bond acceptors (Lipinski definition) is 4. The van der Waals surface area contributed by atoms with Gasteiger partial charge in [0.25, 0.3) is 5.91 Å². The first-order chi connectivity index (χ1) is 11.4. The zero-order valence-electron chi connectivity index (χ0n) is 14.6. The van der Waals surface area contributed by atoms with Gasteiger partial charge < -0.3 is 9.47 Å². The maximum Gasteiger partial charge on any atom is 0.271 e. The number of hydrazone groups is 1. The van der Waals surface area contributed by atoms with Crippen molar-refractivity contribution in [2.45, 2.75) is 20.8 Å². The molecule has 5 nitrogen and oxygen atoms in total. The number of nitrogens with one attached hydrogen (secondary N) is 1. The minimum atomic E-state index is -0.324. The van der Waals surface area contributed by atoms with Gasteiger partial charge in [0.05, 0.1) is 19.9 Å². The monoisotopic (exact) mass is 326 g/mol. The molecule has 2 aromatic carbocycles. The number of nitrogens with zero attached hydrogens (tertiary/aromatic N) is 1. The minimum Gasteiger partial charge on any atom is -0.497 e. The summed E-state index contributed by atoms with van der Waals surface area (Å²) in [6.07, 6.45) is 0. The lowest BCUT2D eigenvalue weighted by Crippen LogP contribution is -2.19. The van der Waals surface area contributed by atoms with E-state index in [4.69, 9.17) is 9.47 Å². The van der Waals surface area contributed by atoms with Crippen LogP contribution in [0.25, 0.3) is 0 Å². The molecule has 0 aliphatic heterocycles. The van der Waals surface area contributed by atoms with Crippen molar-refractivity contribution in [1.82, 2.24) is 5.43 Å². The summed E-state index contributed by atoms with van der Waals surface area (Å²) in [5, 5.41) is 4.19. The maximum atomic E-state index is 12.3. The maximum absolute atomic E-state index is 12.3. The van der Waals surface area contributed by atoms with E-state index in [2.05, 4.69) is 23.5 Å². The summed E-state index contributed by atoms with van der Waals surface area (Å²) in [4.78, 5) is 12.3. The first kappa shape index (κ1) is 17.5. The third-order valence-corrected chi connectivity index (χ3v) is 3.86. The average molecular weight is 326 g/mol. The fourth-order valence-corrected chi connectivity index (χ4v) is 2.17. The Labute approximate surface area is 142 Å². The molecule has 1 N–H and O–H groups in total. The molecule has 5 heteroatoms. The van der Waals surface area contributed by atoms with Gasteiger partial charge in [0.2, 0.25) is 0 Å². The third kappa shape index (κ3) is 4.13. The van der Waals surface area contributed by atoms with Gasteiger partial charge in [0.1, 0.15) is 11.5 Å². The molecule has 0 unspecified atom stereocenters. The van der Waals surface area contributed by atoms with Gasteiger partial charge in [0, 0.05) is 11.6 Å². The lowest BCUT2D eigenvalue weighted by molar-refractivity contribution is 0.0954. The summed E-state index contributed by atoms with van der Waals surface area (Å²) in [7, 11) is 3.08. The summed E-state index contributed by atoms with van der Waals surface area (Å²) < 4.78 is 10.3. The molecule has 0 bridgehead atoms. The first-order valence-electron chi connectivity index (χ1n) is 7.60. The van der Waals surface area contributed by atoms with Crippen LogP contribution in [0.2, 0.25) is 0 Å². The number of aryl methyl sites for hydroxylation is 2. The predicted molar refractivity (Wildman–Crippen MR) is 95.1 cm³/mol. The van der Waals surface area contributed by atoms with Gasteiger partial charge in [-0.05, 0) is 55.7 Å². The van der Waals surface area contributed by atoms with Crippen molar-refractivity contribution in [3.63, 3.8) is 0 Å². The summed E-state index contributed by atoms with van der Waals surface area (Å²) in [6, 6.07) is 11.1. The van der Waals surface area contributed by atoms with Crippen LogP contribution in [0.15, 0.2) is 41.5 Å². The van der Waals surface area contributed by atoms with E-state index in [0.717, 1.165) is 11.3 Å². The van der Waals surface area contributed by atoms with Crippen LogP contribution in [-0.2, 0) is 0 Å². The van der Waals surface area contributed by atoms with Gasteiger partial charge in [-0.25, -0.2) is 5.43 Å². The Morgan fingerprint density at radius 3 is 2.08 bits per heavy atom. The number of ether oxygens (including phenoxy) is 2. The number of carbonyl (C=O) groups is 1. The molecule has 0 atom stereocenters.